The molecule has 0 bridgehead atoms. The van der Waals surface area contributed by atoms with E-state index >= 15 is 0 Å². The number of hydrogen-bond acceptors (Lipinski definition) is 7. The lowest BCUT2D eigenvalue weighted by Crippen LogP contribution is -2.28. The minimum atomic E-state index is -1.30. The third-order valence-electron chi connectivity index (χ3n) is 6.04. The van der Waals surface area contributed by atoms with E-state index in [0.29, 0.717) is 35.6 Å². The van der Waals surface area contributed by atoms with Crippen molar-refractivity contribution in [2.45, 2.75) is 20.4 Å². The quantitative estimate of drug-likeness (QED) is 0.280. The van der Waals surface area contributed by atoms with Gasteiger partial charge in [-0.1, -0.05) is 6.07 Å². The fourth-order valence-electron chi connectivity index (χ4n) is 4.30. The Kier molecular flexibility index (Phi) is 6.94. The molecule has 4 heterocycles. The van der Waals surface area contributed by atoms with Crippen LogP contribution >= 0.6 is 11.3 Å². The highest BCUT2D eigenvalue weighted by Crippen LogP contribution is 2.36. The van der Waals surface area contributed by atoms with Gasteiger partial charge in [0, 0.05) is 59.8 Å². The number of carboxylic acids is 1. The number of hydrogen-bond donors (Lipinski definition) is 3. The zero-order valence-corrected chi connectivity index (χ0v) is 22.2. The van der Waals surface area contributed by atoms with Crippen LogP contribution in [0.4, 0.5) is 10.6 Å². The molecule has 5 rings (SSSR count). The first-order chi connectivity index (χ1) is 18.7. The predicted molar refractivity (Wildman–Crippen MR) is 149 cm³/mol. The van der Waals surface area contributed by atoms with Crippen LogP contribution in [0, 0.1) is 6.92 Å². The molecule has 5 aromatic rings. The average Bonchev–Trinajstić information content (AvgIpc) is 3.53. The number of nitrogens with one attached hydrogen (secondary N) is 2. The molecule has 198 valence electrons. The number of aryl methyl sites for hydroxylation is 2. The number of urea groups is 1. The Balaban J connectivity index is 1.67. The highest BCUT2D eigenvalue weighted by atomic mass is 32.1. The number of anilines is 1. The molecule has 0 spiro atoms. The van der Waals surface area contributed by atoms with Crippen molar-refractivity contribution < 1.29 is 14.7 Å². The predicted octanol–water partition coefficient (Wildman–Crippen LogP) is 4.12. The maximum atomic E-state index is 13.3. The zero-order chi connectivity index (χ0) is 27.7. The molecule has 12 heteroatoms. The van der Waals surface area contributed by atoms with Crippen molar-refractivity contribution in [2.24, 2.45) is 7.05 Å². The van der Waals surface area contributed by atoms with Crippen LogP contribution in [0.1, 0.15) is 28.7 Å². The number of aromatic nitrogens is 5. The summed E-state index contributed by atoms with van der Waals surface area (Å²) in [5.41, 5.74) is 3.31. The van der Waals surface area contributed by atoms with Crippen LogP contribution in [0.25, 0.3) is 32.6 Å². The van der Waals surface area contributed by atoms with Gasteiger partial charge in [0.05, 0.1) is 24.1 Å². The number of rotatable bonds is 7. The molecule has 0 fully saturated rings. The van der Waals surface area contributed by atoms with Crippen LogP contribution in [0.2, 0.25) is 0 Å². The Hall–Kier alpha value is -4.84. The summed E-state index contributed by atoms with van der Waals surface area (Å²) < 4.78 is 3.52. The van der Waals surface area contributed by atoms with Gasteiger partial charge in [-0.3, -0.25) is 10.1 Å². The second-order valence-electron chi connectivity index (χ2n) is 8.96. The fraction of sp³-hybridized carbons (Fsp3) is 0.185. The fourth-order valence-corrected chi connectivity index (χ4v) is 5.13. The average molecular weight is 544 g/mol. The Morgan fingerprint density at radius 3 is 2.62 bits per heavy atom. The second-order valence-corrected chi connectivity index (χ2v) is 9.82. The molecule has 0 aliphatic heterocycles. The van der Waals surface area contributed by atoms with Crippen LogP contribution in [-0.2, 0) is 13.6 Å². The molecule has 0 aliphatic rings. The van der Waals surface area contributed by atoms with Crippen LogP contribution in [-0.4, -0.2) is 47.7 Å². The minimum absolute atomic E-state index is 0.258. The maximum Gasteiger partial charge on any atom is 0.341 e. The monoisotopic (exact) mass is 543 g/mol. The number of pyridine rings is 2. The molecule has 1 aromatic carbocycles. The van der Waals surface area contributed by atoms with Crippen LogP contribution in [0.3, 0.4) is 0 Å². The second kappa shape index (κ2) is 10.5. The van der Waals surface area contributed by atoms with E-state index in [1.54, 1.807) is 39.9 Å². The van der Waals surface area contributed by atoms with Crippen molar-refractivity contribution in [2.75, 3.05) is 11.9 Å². The van der Waals surface area contributed by atoms with Gasteiger partial charge in [-0.25, -0.2) is 24.5 Å². The van der Waals surface area contributed by atoms with E-state index in [9.17, 15) is 19.5 Å². The summed E-state index contributed by atoms with van der Waals surface area (Å²) in [7, 11) is 1.85. The van der Waals surface area contributed by atoms with Gasteiger partial charge in [0.15, 0.2) is 0 Å². The van der Waals surface area contributed by atoms with Gasteiger partial charge in [-0.05, 0) is 37.6 Å². The normalized spacial score (nSPS) is 11.1. The van der Waals surface area contributed by atoms with Crippen molar-refractivity contribution >= 4 is 40.1 Å². The summed E-state index contributed by atoms with van der Waals surface area (Å²) >= 11 is 1.45. The summed E-state index contributed by atoms with van der Waals surface area (Å²) in [4.78, 5) is 50.7. The van der Waals surface area contributed by atoms with Gasteiger partial charge in [0.2, 0.25) is 5.43 Å². The number of carbonyl (C=O) groups is 2. The number of amides is 2. The van der Waals surface area contributed by atoms with Crippen molar-refractivity contribution in [3.8, 4) is 21.7 Å². The van der Waals surface area contributed by atoms with Crippen molar-refractivity contribution in [3.05, 3.63) is 81.7 Å². The number of carbonyl (C=O) groups excluding carboxylic acids is 1. The van der Waals surface area contributed by atoms with E-state index in [2.05, 4.69) is 25.6 Å². The van der Waals surface area contributed by atoms with Gasteiger partial charge in [-0.15, -0.1) is 11.3 Å². The van der Waals surface area contributed by atoms with Gasteiger partial charge >= 0.3 is 12.0 Å². The number of aromatic carboxylic acids is 1. The highest BCUT2D eigenvalue weighted by Gasteiger charge is 2.19. The van der Waals surface area contributed by atoms with E-state index in [0.717, 1.165) is 22.0 Å². The molecule has 0 aliphatic carbocycles. The Morgan fingerprint density at radius 1 is 1.13 bits per heavy atom. The molecular weight excluding hydrogens is 518 g/mol. The molecule has 0 unspecified atom stereocenters. The van der Waals surface area contributed by atoms with Crippen molar-refractivity contribution in [1.29, 1.82) is 0 Å². The molecule has 3 N–H and O–H groups in total. The van der Waals surface area contributed by atoms with Gasteiger partial charge in [0.25, 0.3) is 0 Å². The largest absolute Gasteiger partial charge is 0.477 e. The standard InChI is InChI=1S/C27H25N7O4S/c1-4-28-27(38)32-23-8-18(25-31-15(2)13-39-25)20(9-29-23)16-5-6-22-19(7-16)24(35)21(26(36)37)12-34(22)11-17-10-33(3)14-30-17/h5-10,12-14H,4,11H2,1-3H3,(H,36,37)(H2,28,29,32,38). The number of carboxylic acid groups (broad SMARTS) is 1. The lowest BCUT2D eigenvalue weighted by atomic mass is 9.99. The summed E-state index contributed by atoms with van der Waals surface area (Å²) in [5.74, 6) is -0.956. The number of nitrogens with zero attached hydrogens (tertiary/aromatic N) is 5. The van der Waals surface area contributed by atoms with Gasteiger partial charge in [0.1, 0.15) is 16.4 Å². The molecule has 11 nitrogen and oxygen atoms in total. The number of imidazole rings is 1. The summed E-state index contributed by atoms with van der Waals surface area (Å²) in [6, 6.07) is 6.68. The Bertz CT molecular complexity index is 1790. The topological polar surface area (TPSA) is 144 Å². The number of benzene rings is 1. The SMILES string of the molecule is CCNC(=O)Nc1cc(-c2nc(C)cs2)c(-c2ccc3c(c2)c(=O)c(C(=O)O)cn3Cc2cn(C)cn2)cn1. The van der Waals surface area contributed by atoms with Crippen molar-refractivity contribution in [3.63, 3.8) is 0 Å². The molecule has 0 saturated carbocycles. The molecule has 2 amide bonds. The molecular formula is C27H25N7O4S. The minimum Gasteiger partial charge on any atom is -0.477 e. The highest BCUT2D eigenvalue weighted by molar-refractivity contribution is 7.13. The van der Waals surface area contributed by atoms with E-state index in [1.165, 1.54) is 17.5 Å². The van der Waals surface area contributed by atoms with Crippen LogP contribution in [0.15, 0.2) is 59.4 Å². The third-order valence-corrected chi connectivity index (χ3v) is 7.04. The van der Waals surface area contributed by atoms with Gasteiger partial charge < -0.3 is 19.6 Å². The van der Waals surface area contributed by atoms with Crippen molar-refractivity contribution in [1.82, 2.24) is 29.4 Å². The Labute approximate surface area is 226 Å². The molecule has 0 saturated heterocycles. The third kappa shape index (κ3) is 5.27. The number of thiazole rings is 1. The van der Waals surface area contributed by atoms with E-state index in [1.807, 2.05) is 38.5 Å². The van der Waals surface area contributed by atoms with Crippen LogP contribution in [0.5, 0.6) is 0 Å². The summed E-state index contributed by atoms with van der Waals surface area (Å²) in [6.45, 7) is 4.47. The molecule has 0 atom stereocenters. The maximum absolute atomic E-state index is 13.3. The summed E-state index contributed by atoms with van der Waals surface area (Å²) in [6.07, 6.45) is 6.47. The summed E-state index contributed by atoms with van der Waals surface area (Å²) in [5, 5.41) is 18.0. The lowest BCUT2D eigenvalue weighted by molar-refractivity contribution is 0.0694. The smallest absolute Gasteiger partial charge is 0.341 e. The van der Waals surface area contributed by atoms with E-state index < -0.39 is 11.4 Å². The molecule has 39 heavy (non-hydrogen) atoms. The first-order valence-corrected chi connectivity index (χ1v) is 13.0. The van der Waals surface area contributed by atoms with Crippen LogP contribution < -0.4 is 16.1 Å². The van der Waals surface area contributed by atoms with E-state index in [-0.39, 0.29) is 17.0 Å². The Morgan fingerprint density at radius 2 is 1.95 bits per heavy atom. The first-order valence-electron chi connectivity index (χ1n) is 12.1. The van der Waals surface area contributed by atoms with Gasteiger partial charge in [-0.2, -0.15) is 0 Å². The number of fused-ring (bicyclic) bond motifs is 1. The zero-order valence-electron chi connectivity index (χ0n) is 21.4. The lowest BCUT2D eigenvalue weighted by Gasteiger charge is -2.14. The van der Waals surface area contributed by atoms with E-state index in [4.69, 9.17) is 0 Å². The molecule has 4 aromatic heterocycles. The first kappa shape index (κ1) is 25.8. The molecule has 0 radical (unpaired) electrons.